The lowest BCUT2D eigenvalue weighted by molar-refractivity contribution is -0.121. The van der Waals surface area contributed by atoms with Crippen molar-refractivity contribution in [1.82, 2.24) is 16.0 Å². The van der Waals surface area contributed by atoms with Crippen molar-refractivity contribution in [2.45, 2.75) is 25.3 Å². The van der Waals surface area contributed by atoms with Crippen molar-refractivity contribution in [3.05, 3.63) is 0 Å². The molecule has 2 amide bonds. The maximum Gasteiger partial charge on any atom is 0.233 e. The van der Waals surface area contributed by atoms with Gasteiger partial charge in [0, 0.05) is 26.1 Å². The zero-order valence-corrected chi connectivity index (χ0v) is 8.43. The first-order valence-electron chi connectivity index (χ1n) is 4.93. The van der Waals surface area contributed by atoms with Crippen LogP contribution in [-0.4, -0.2) is 38.0 Å². The fourth-order valence-corrected chi connectivity index (χ4v) is 1.03. The Morgan fingerprint density at radius 3 is 2.57 bits per heavy atom. The van der Waals surface area contributed by atoms with Crippen LogP contribution in [0, 0.1) is 0 Å². The van der Waals surface area contributed by atoms with Crippen LogP contribution >= 0.6 is 0 Å². The molecule has 5 heteroatoms. The molecule has 0 radical (unpaired) electrons. The van der Waals surface area contributed by atoms with Gasteiger partial charge in [0.15, 0.2) is 0 Å². The van der Waals surface area contributed by atoms with Crippen molar-refractivity contribution in [3.63, 3.8) is 0 Å². The SMILES string of the molecule is CNC(=O)CCNC(=O)CNC1CC1. The quantitative estimate of drug-likeness (QED) is 0.513. The van der Waals surface area contributed by atoms with Crippen molar-refractivity contribution >= 4 is 11.8 Å². The number of rotatable bonds is 6. The van der Waals surface area contributed by atoms with E-state index in [9.17, 15) is 9.59 Å². The minimum absolute atomic E-state index is 0.0409. The van der Waals surface area contributed by atoms with Crippen molar-refractivity contribution in [2.75, 3.05) is 20.1 Å². The van der Waals surface area contributed by atoms with E-state index < -0.39 is 0 Å². The molecular formula is C9H17N3O2. The van der Waals surface area contributed by atoms with Gasteiger partial charge in [0.1, 0.15) is 0 Å². The van der Waals surface area contributed by atoms with Crippen LogP contribution in [0.5, 0.6) is 0 Å². The molecule has 1 aliphatic rings. The molecule has 0 unspecified atom stereocenters. The van der Waals surface area contributed by atoms with Gasteiger partial charge in [0.25, 0.3) is 0 Å². The fourth-order valence-electron chi connectivity index (χ4n) is 1.03. The smallest absolute Gasteiger partial charge is 0.233 e. The van der Waals surface area contributed by atoms with E-state index in [1.54, 1.807) is 7.05 Å². The van der Waals surface area contributed by atoms with Gasteiger partial charge in [-0.25, -0.2) is 0 Å². The van der Waals surface area contributed by atoms with Crippen LogP contribution in [0.1, 0.15) is 19.3 Å². The summed E-state index contributed by atoms with van der Waals surface area (Å²) >= 11 is 0. The van der Waals surface area contributed by atoms with E-state index in [0.29, 0.717) is 25.6 Å². The summed E-state index contributed by atoms with van der Waals surface area (Å²) in [6.45, 7) is 0.767. The fraction of sp³-hybridized carbons (Fsp3) is 0.778. The predicted octanol–water partition coefficient (Wildman–Crippen LogP) is -1.01. The third kappa shape index (κ3) is 4.81. The molecule has 1 saturated carbocycles. The van der Waals surface area contributed by atoms with Crippen LogP contribution in [0.4, 0.5) is 0 Å². The Balaban J connectivity index is 1.93. The average Bonchev–Trinajstić information content (AvgIpc) is 2.98. The molecule has 0 bridgehead atoms. The van der Waals surface area contributed by atoms with Crippen LogP contribution in [-0.2, 0) is 9.59 Å². The summed E-state index contributed by atoms with van der Waals surface area (Å²) in [5.41, 5.74) is 0. The molecular weight excluding hydrogens is 182 g/mol. The summed E-state index contributed by atoms with van der Waals surface area (Å²) in [6.07, 6.45) is 2.68. The Morgan fingerprint density at radius 1 is 1.29 bits per heavy atom. The minimum atomic E-state index is -0.0551. The van der Waals surface area contributed by atoms with Crippen molar-refractivity contribution < 1.29 is 9.59 Å². The molecule has 0 aromatic rings. The Bertz CT molecular complexity index is 214. The van der Waals surface area contributed by atoms with Gasteiger partial charge >= 0.3 is 0 Å². The molecule has 0 heterocycles. The normalized spacial score (nSPS) is 14.9. The highest BCUT2D eigenvalue weighted by molar-refractivity contribution is 5.80. The largest absolute Gasteiger partial charge is 0.359 e. The zero-order chi connectivity index (χ0) is 10.4. The minimum Gasteiger partial charge on any atom is -0.359 e. The summed E-state index contributed by atoms with van der Waals surface area (Å²) in [6, 6.07) is 0.541. The van der Waals surface area contributed by atoms with E-state index >= 15 is 0 Å². The summed E-state index contributed by atoms with van der Waals surface area (Å²) in [7, 11) is 1.58. The summed E-state index contributed by atoms with van der Waals surface area (Å²) in [5, 5.41) is 8.26. The van der Waals surface area contributed by atoms with E-state index in [-0.39, 0.29) is 11.8 Å². The molecule has 0 aromatic carbocycles. The Morgan fingerprint density at radius 2 is 2.00 bits per heavy atom. The summed E-state index contributed by atoms with van der Waals surface area (Å²) in [5.74, 6) is -0.0961. The third-order valence-electron chi connectivity index (χ3n) is 2.08. The first-order valence-corrected chi connectivity index (χ1v) is 4.93. The van der Waals surface area contributed by atoms with Gasteiger partial charge in [-0.1, -0.05) is 0 Å². The molecule has 0 spiro atoms. The highest BCUT2D eigenvalue weighted by atomic mass is 16.2. The van der Waals surface area contributed by atoms with Crippen LogP contribution in [0.2, 0.25) is 0 Å². The second-order valence-electron chi connectivity index (χ2n) is 3.43. The van der Waals surface area contributed by atoms with E-state index in [4.69, 9.17) is 0 Å². The van der Waals surface area contributed by atoms with Crippen molar-refractivity contribution in [2.24, 2.45) is 0 Å². The molecule has 0 saturated heterocycles. The predicted molar refractivity (Wildman–Crippen MR) is 52.7 cm³/mol. The molecule has 0 aromatic heterocycles. The maximum absolute atomic E-state index is 11.1. The molecule has 0 aliphatic heterocycles. The molecule has 1 rings (SSSR count). The Labute approximate surface area is 83.6 Å². The second-order valence-corrected chi connectivity index (χ2v) is 3.43. The lowest BCUT2D eigenvalue weighted by Gasteiger charge is -2.04. The number of carbonyl (C=O) groups excluding carboxylic acids is 2. The highest BCUT2D eigenvalue weighted by Gasteiger charge is 2.20. The average molecular weight is 199 g/mol. The lowest BCUT2D eigenvalue weighted by atomic mass is 10.4. The number of nitrogens with one attached hydrogen (secondary N) is 3. The van der Waals surface area contributed by atoms with Gasteiger partial charge in [-0.2, -0.15) is 0 Å². The number of carbonyl (C=O) groups is 2. The zero-order valence-electron chi connectivity index (χ0n) is 8.43. The summed E-state index contributed by atoms with van der Waals surface area (Å²) in [4.78, 5) is 21.9. The van der Waals surface area contributed by atoms with Gasteiger partial charge in [-0.15, -0.1) is 0 Å². The molecule has 5 nitrogen and oxygen atoms in total. The van der Waals surface area contributed by atoms with Gasteiger partial charge in [0.05, 0.1) is 6.54 Å². The molecule has 14 heavy (non-hydrogen) atoms. The molecule has 0 atom stereocenters. The molecule has 3 N–H and O–H groups in total. The van der Waals surface area contributed by atoms with E-state index in [1.807, 2.05) is 0 Å². The molecule has 1 fully saturated rings. The first kappa shape index (κ1) is 11.0. The second kappa shape index (κ2) is 5.59. The van der Waals surface area contributed by atoms with Gasteiger partial charge in [-0.3, -0.25) is 9.59 Å². The van der Waals surface area contributed by atoms with E-state index in [1.165, 1.54) is 12.8 Å². The maximum atomic E-state index is 11.1. The highest BCUT2D eigenvalue weighted by Crippen LogP contribution is 2.17. The first-order chi connectivity index (χ1) is 6.72. The Hall–Kier alpha value is -1.10. The number of hydrogen-bond acceptors (Lipinski definition) is 3. The molecule has 80 valence electrons. The Kier molecular flexibility index (Phi) is 4.39. The summed E-state index contributed by atoms with van der Waals surface area (Å²) < 4.78 is 0. The van der Waals surface area contributed by atoms with Gasteiger partial charge in [0.2, 0.25) is 11.8 Å². The van der Waals surface area contributed by atoms with Crippen molar-refractivity contribution in [1.29, 1.82) is 0 Å². The molecule has 1 aliphatic carbocycles. The van der Waals surface area contributed by atoms with E-state index in [2.05, 4.69) is 16.0 Å². The lowest BCUT2D eigenvalue weighted by Crippen LogP contribution is -2.36. The monoisotopic (exact) mass is 199 g/mol. The van der Waals surface area contributed by atoms with Gasteiger partial charge in [-0.05, 0) is 12.8 Å². The van der Waals surface area contributed by atoms with Crippen LogP contribution < -0.4 is 16.0 Å². The van der Waals surface area contributed by atoms with Gasteiger partial charge < -0.3 is 16.0 Å². The van der Waals surface area contributed by atoms with Crippen LogP contribution in [0.3, 0.4) is 0 Å². The van der Waals surface area contributed by atoms with Crippen molar-refractivity contribution in [3.8, 4) is 0 Å². The third-order valence-corrected chi connectivity index (χ3v) is 2.08. The topological polar surface area (TPSA) is 70.2 Å². The standard InChI is InChI=1S/C9H17N3O2/c1-10-8(13)4-5-11-9(14)6-12-7-2-3-7/h7,12H,2-6H2,1H3,(H,10,13)(H,11,14). The number of amides is 2. The van der Waals surface area contributed by atoms with Crippen LogP contribution in [0.25, 0.3) is 0 Å². The number of hydrogen-bond donors (Lipinski definition) is 3. The van der Waals surface area contributed by atoms with Crippen LogP contribution in [0.15, 0.2) is 0 Å². The van der Waals surface area contributed by atoms with E-state index in [0.717, 1.165) is 0 Å².